The number of aromatic nitrogens is 2. The van der Waals surface area contributed by atoms with Crippen molar-refractivity contribution < 1.29 is 5.11 Å². The highest BCUT2D eigenvalue weighted by Gasteiger charge is 2.45. The number of aliphatic hydroxyl groups excluding tert-OH is 1. The average molecular weight is 297 g/mol. The first-order valence-electron chi connectivity index (χ1n) is 8.34. The van der Waals surface area contributed by atoms with E-state index in [0.717, 1.165) is 67.7 Å². The molecule has 1 saturated heterocycles. The maximum Gasteiger partial charge on any atom is 0.140 e. The van der Waals surface area contributed by atoms with E-state index in [2.05, 4.69) is 28.1 Å². The molecule has 1 aromatic carbocycles. The summed E-state index contributed by atoms with van der Waals surface area (Å²) in [5, 5.41) is 11.6. The topological polar surface area (TPSA) is 49.2 Å². The summed E-state index contributed by atoms with van der Waals surface area (Å²) in [4.78, 5) is 11.7. The molecular weight excluding hydrogens is 274 g/mol. The number of hydrogen-bond acceptors (Lipinski definition) is 4. The van der Waals surface area contributed by atoms with Gasteiger partial charge in [0.25, 0.3) is 0 Å². The third kappa shape index (κ3) is 2.17. The van der Waals surface area contributed by atoms with Crippen LogP contribution in [0.5, 0.6) is 0 Å². The molecule has 116 valence electrons. The Morgan fingerprint density at radius 1 is 1.18 bits per heavy atom. The van der Waals surface area contributed by atoms with Crippen molar-refractivity contribution >= 4 is 16.7 Å². The molecule has 2 atom stereocenters. The fourth-order valence-electron chi connectivity index (χ4n) is 4.35. The Morgan fingerprint density at radius 3 is 2.82 bits per heavy atom. The van der Waals surface area contributed by atoms with Gasteiger partial charge in [0.05, 0.1) is 11.6 Å². The minimum Gasteiger partial charge on any atom is -0.392 e. The minimum atomic E-state index is -0.149. The summed E-state index contributed by atoms with van der Waals surface area (Å²) in [6.45, 7) is 3.91. The van der Waals surface area contributed by atoms with Crippen molar-refractivity contribution in [2.75, 3.05) is 18.0 Å². The second-order valence-corrected chi connectivity index (χ2v) is 6.91. The standard InChI is InChI=1S/C18H23N3O/c1-13-19-15-7-3-2-6-14(15)17(20-13)21-11-5-10-18(12-21)9-4-8-16(18)22/h2-3,6-7,16,22H,4-5,8-12H2,1H3/t16-,18-/m1/s1. The van der Waals surface area contributed by atoms with Gasteiger partial charge in [-0.15, -0.1) is 0 Å². The first-order chi connectivity index (χ1) is 10.7. The number of rotatable bonds is 1. The lowest BCUT2D eigenvalue weighted by Crippen LogP contribution is -2.47. The summed E-state index contributed by atoms with van der Waals surface area (Å²) in [6, 6.07) is 8.24. The van der Waals surface area contributed by atoms with E-state index in [-0.39, 0.29) is 11.5 Å². The fraction of sp³-hybridized carbons (Fsp3) is 0.556. The Kier molecular flexibility index (Phi) is 3.30. The third-order valence-corrected chi connectivity index (χ3v) is 5.46. The van der Waals surface area contributed by atoms with Crippen LogP contribution >= 0.6 is 0 Å². The minimum absolute atomic E-state index is 0.0816. The predicted octanol–water partition coefficient (Wildman–Crippen LogP) is 3.07. The summed E-state index contributed by atoms with van der Waals surface area (Å²) < 4.78 is 0. The first-order valence-corrected chi connectivity index (χ1v) is 8.34. The van der Waals surface area contributed by atoms with Crippen LogP contribution in [0.15, 0.2) is 24.3 Å². The van der Waals surface area contributed by atoms with Crippen molar-refractivity contribution in [3.8, 4) is 0 Å². The summed E-state index contributed by atoms with van der Waals surface area (Å²) in [5.41, 5.74) is 1.09. The molecule has 1 aromatic heterocycles. The normalized spacial score (nSPS) is 28.6. The Labute approximate surface area is 131 Å². The molecule has 4 heteroatoms. The maximum atomic E-state index is 10.5. The molecule has 2 aliphatic rings. The van der Waals surface area contributed by atoms with Crippen LogP contribution < -0.4 is 4.90 Å². The quantitative estimate of drug-likeness (QED) is 0.879. The molecule has 1 saturated carbocycles. The molecule has 2 fully saturated rings. The van der Waals surface area contributed by atoms with Crippen LogP contribution in [0.25, 0.3) is 10.9 Å². The number of nitrogens with zero attached hydrogens (tertiary/aromatic N) is 3. The van der Waals surface area contributed by atoms with Crippen molar-refractivity contribution in [2.45, 2.75) is 45.1 Å². The fourth-order valence-corrected chi connectivity index (χ4v) is 4.35. The van der Waals surface area contributed by atoms with E-state index in [1.54, 1.807) is 0 Å². The third-order valence-electron chi connectivity index (χ3n) is 5.46. The SMILES string of the molecule is Cc1nc(N2CCC[C@]3(CCC[C@H]3O)C2)c2ccccc2n1. The molecule has 4 nitrogen and oxygen atoms in total. The van der Waals surface area contributed by atoms with Crippen LogP contribution in [0.3, 0.4) is 0 Å². The van der Waals surface area contributed by atoms with E-state index < -0.39 is 0 Å². The zero-order valence-corrected chi connectivity index (χ0v) is 13.1. The Morgan fingerprint density at radius 2 is 2.00 bits per heavy atom. The molecule has 0 bridgehead atoms. The molecule has 4 rings (SSSR count). The Bertz CT molecular complexity index is 702. The summed E-state index contributed by atoms with van der Waals surface area (Å²) in [5.74, 6) is 1.86. The van der Waals surface area contributed by atoms with E-state index in [0.29, 0.717) is 0 Å². The van der Waals surface area contributed by atoms with E-state index >= 15 is 0 Å². The van der Waals surface area contributed by atoms with Crippen LogP contribution in [0.4, 0.5) is 5.82 Å². The van der Waals surface area contributed by atoms with Gasteiger partial charge in [0.2, 0.25) is 0 Å². The lowest BCUT2D eigenvalue weighted by Gasteiger charge is -2.43. The largest absolute Gasteiger partial charge is 0.392 e. The van der Waals surface area contributed by atoms with Crippen molar-refractivity contribution in [3.05, 3.63) is 30.1 Å². The van der Waals surface area contributed by atoms with Crippen molar-refractivity contribution in [2.24, 2.45) is 5.41 Å². The van der Waals surface area contributed by atoms with Gasteiger partial charge in [-0.1, -0.05) is 18.6 Å². The molecule has 2 aromatic rings. The second kappa shape index (κ2) is 5.20. The van der Waals surface area contributed by atoms with Crippen LogP contribution in [-0.2, 0) is 0 Å². The number of fused-ring (bicyclic) bond motifs is 1. The van der Waals surface area contributed by atoms with Gasteiger partial charge < -0.3 is 10.0 Å². The second-order valence-electron chi connectivity index (χ2n) is 6.91. The smallest absolute Gasteiger partial charge is 0.140 e. The first kappa shape index (κ1) is 13.9. The molecule has 1 spiro atoms. The Hall–Kier alpha value is -1.68. The van der Waals surface area contributed by atoms with Gasteiger partial charge in [-0.3, -0.25) is 0 Å². The molecule has 0 amide bonds. The van der Waals surface area contributed by atoms with Gasteiger partial charge in [0, 0.05) is 23.9 Å². The number of aliphatic hydroxyl groups is 1. The molecule has 0 radical (unpaired) electrons. The summed E-state index contributed by atoms with van der Waals surface area (Å²) >= 11 is 0. The van der Waals surface area contributed by atoms with Gasteiger partial charge in [-0.2, -0.15) is 0 Å². The molecular formula is C18H23N3O. The lowest BCUT2D eigenvalue weighted by atomic mass is 9.76. The summed E-state index contributed by atoms with van der Waals surface area (Å²) in [7, 11) is 0. The molecule has 22 heavy (non-hydrogen) atoms. The number of hydrogen-bond donors (Lipinski definition) is 1. The monoisotopic (exact) mass is 297 g/mol. The predicted molar refractivity (Wildman–Crippen MR) is 88.0 cm³/mol. The van der Waals surface area contributed by atoms with E-state index in [4.69, 9.17) is 4.98 Å². The molecule has 0 unspecified atom stereocenters. The van der Waals surface area contributed by atoms with Crippen LogP contribution in [0.1, 0.15) is 37.9 Å². The number of para-hydroxylation sites is 1. The van der Waals surface area contributed by atoms with Gasteiger partial charge in [0.1, 0.15) is 11.6 Å². The zero-order valence-electron chi connectivity index (χ0n) is 13.1. The van der Waals surface area contributed by atoms with Crippen LogP contribution in [0, 0.1) is 12.3 Å². The summed E-state index contributed by atoms with van der Waals surface area (Å²) in [6.07, 6.45) is 5.38. The van der Waals surface area contributed by atoms with Crippen molar-refractivity contribution in [3.63, 3.8) is 0 Å². The van der Waals surface area contributed by atoms with Crippen molar-refractivity contribution in [1.82, 2.24) is 9.97 Å². The maximum absolute atomic E-state index is 10.5. The van der Waals surface area contributed by atoms with E-state index in [1.165, 1.54) is 0 Å². The Balaban J connectivity index is 1.75. The van der Waals surface area contributed by atoms with Gasteiger partial charge >= 0.3 is 0 Å². The van der Waals surface area contributed by atoms with Crippen molar-refractivity contribution in [1.29, 1.82) is 0 Å². The highest BCUT2D eigenvalue weighted by Crippen LogP contribution is 2.46. The highest BCUT2D eigenvalue weighted by molar-refractivity contribution is 5.89. The number of piperidine rings is 1. The molecule has 2 heterocycles. The van der Waals surface area contributed by atoms with E-state index in [9.17, 15) is 5.11 Å². The molecule has 1 aliphatic carbocycles. The van der Waals surface area contributed by atoms with Gasteiger partial charge in [-0.05, 0) is 44.7 Å². The lowest BCUT2D eigenvalue weighted by molar-refractivity contribution is 0.0408. The number of anilines is 1. The van der Waals surface area contributed by atoms with Gasteiger partial charge in [-0.25, -0.2) is 9.97 Å². The highest BCUT2D eigenvalue weighted by atomic mass is 16.3. The van der Waals surface area contributed by atoms with E-state index in [1.807, 2.05) is 13.0 Å². The number of aryl methyl sites for hydroxylation is 1. The van der Waals surface area contributed by atoms with Crippen LogP contribution in [-0.4, -0.2) is 34.3 Å². The van der Waals surface area contributed by atoms with Gasteiger partial charge in [0.15, 0.2) is 0 Å². The average Bonchev–Trinajstić information content (AvgIpc) is 2.87. The van der Waals surface area contributed by atoms with Crippen LogP contribution in [0.2, 0.25) is 0 Å². The zero-order chi connectivity index (χ0) is 15.2. The molecule has 1 N–H and O–H groups in total. The molecule has 1 aliphatic heterocycles. The number of benzene rings is 1.